The zero-order valence-corrected chi connectivity index (χ0v) is 17.0. The molecule has 3 aromatic rings. The largest absolute Gasteiger partial charge is 0.331 e. The highest BCUT2D eigenvalue weighted by Crippen LogP contribution is 2.19. The first-order valence-corrected chi connectivity index (χ1v) is 10.2. The zero-order valence-electron chi connectivity index (χ0n) is 17.0. The molecule has 4 rings (SSSR count). The van der Waals surface area contributed by atoms with E-state index in [4.69, 9.17) is 0 Å². The van der Waals surface area contributed by atoms with E-state index >= 15 is 0 Å². The highest BCUT2D eigenvalue weighted by molar-refractivity contribution is 5.24. The lowest BCUT2D eigenvalue weighted by molar-refractivity contribution is 0.234. The first-order valence-electron chi connectivity index (χ1n) is 10.2. The standard InChI is InChI=1S/C24H27N3O2/c1-18(2)27-22-13-14-25(15-19-9-5-3-6-10-19)17-21(22)23(28)26(24(27)29)16-20-11-7-4-8-12-20/h3-12,18H,13-17H2,1-2H3. The molecule has 0 spiro atoms. The van der Waals surface area contributed by atoms with E-state index in [1.807, 2.05) is 66.9 Å². The van der Waals surface area contributed by atoms with Crippen LogP contribution in [0, 0.1) is 0 Å². The molecule has 0 saturated carbocycles. The molecule has 1 aliphatic rings. The maximum Gasteiger partial charge on any atom is 0.331 e. The molecule has 29 heavy (non-hydrogen) atoms. The van der Waals surface area contributed by atoms with Crippen LogP contribution >= 0.6 is 0 Å². The molecule has 0 aliphatic carbocycles. The molecule has 0 atom stereocenters. The fraction of sp³-hybridized carbons (Fsp3) is 0.333. The third-order valence-electron chi connectivity index (χ3n) is 5.57. The number of rotatable bonds is 5. The molecule has 0 unspecified atom stereocenters. The molecule has 0 bridgehead atoms. The Morgan fingerprint density at radius 3 is 2.03 bits per heavy atom. The second-order valence-electron chi connectivity index (χ2n) is 7.99. The molecule has 150 valence electrons. The predicted molar refractivity (Wildman–Crippen MR) is 115 cm³/mol. The third-order valence-corrected chi connectivity index (χ3v) is 5.57. The van der Waals surface area contributed by atoms with Crippen LogP contribution in [0.1, 0.15) is 42.3 Å². The van der Waals surface area contributed by atoms with Gasteiger partial charge in [0.25, 0.3) is 5.56 Å². The Bertz CT molecular complexity index is 1100. The van der Waals surface area contributed by atoms with Gasteiger partial charge in [-0.05, 0) is 25.0 Å². The molecule has 0 radical (unpaired) electrons. The van der Waals surface area contributed by atoms with Crippen molar-refractivity contribution in [2.24, 2.45) is 0 Å². The second-order valence-corrected chi connectivity index (χ2v) is 7.99. The summed E-state index contributed by atoms with van der Waals surface area (Å²) in [5.41, 5.74) is 3.50. The average molecular weight is 389 g/mol. The van der Waals surface area contributed by atoms with E-state index in [0.717, 1.165) is 36.3 Å². The fourth-order valence-corrected chi connectivity index (χ4v) is 4.18. The van der Waals surface area contributed by atoms with Gasteiger partial charge in [0.2, 0.25) is 0 Å². The molecular formula is C24H27N3O2. The van der Waals surface area contributed by atoms with Crippen molar-refractivity contribution >= 4 is 0 Å². The first-order chi connectivity index (χ1) is 14.0. The molecule has 5 nitrogen and oxygen atoms in total. The van der Waals surface area contributed by atoms with E-state index in [1.54, 1.807) is 0 Å². The van der Waals surface area contributed by atoms with Crippen LogP contribution < -0.4 is 11.2 Å². The first kappa shape index (κ1) is 19.4. The summed E-state index contributed by atoms with van der Waals surface area (Å²) in [6.45, 7) is 6.54. The molecule has 5 heteroatoms. The molecular weight excluding hydrogens is 362 g/mol. The van der Waals surface area contributed by atoms with Crippen LogP contribution in [0.2, 0.25) is 0 Å². The van der Waals surface area contributed by atoms with Crippen LogP contribution in [-0.2, 0) is 26.1 Å². The van der Waals surface area contributed by atoms with Crippen molar-refractivity contribution < 1.29 is 0 Å². The summed E-state index contributed by atoms with van der Waals surface area (Å²) in [6, 6.07) is 20.0. The average Bonchev–Trinajstić information content (AvgIpc) is 2.73. The molecule has 1 aromatic heterocycles. The van der Waals surface area contributed by atoms with Crippen molar-refractivity contribution in [3.8, 4) is 0 Å². The van der Waals surface area contributed by atoms with Crippen molar-refractivity contribution in [2.75, 3.05) is 6.54 Å². The highest BCUT2D eigenvalue weighted by atomic mass is 16.2. The SMILES string of the molecule is CC(C)n1c2c(c(=O)n(Cc3ccccc3)c1=O)CN(Cc1ccccc1)CC2. The number of hydrogen-bond donors (Lipinski definition) is 0. The lowest BCUT2D eigenvalue weighted by Gasteiger charge is -2.31. The number of aromatic nitrogens is 2. The smallest absolute Gasteiger partial charge is 0.295 e. The molecule has 0 saturated heterocycles. The van der Waals surface area contributed by atoms with E-state index in [-0.39, 0.29) is 17.3 Å². The number of hydrogen-bond acceptors (Lipinski definition) is 3. The van der Waals surface area contributed by atoms with Crippen LogP contribution in [0.3, 0.4) is 0 Å². The summed E-state index contributed by atoms with van der Waals surface area (Å²) in [6.07, 6.45) is 0.719. The Morgan fingerprint density at radius 1 is 0.862 bits per heavy atom. The van der Waals surface area contributed by atoms with Crippen molar-refractivity contribution in [1.82, 2.24) is 14.0 Å². The van der Waals surface area contributed by atoms with Crippen LogP contribution in [0.4, 0.5) is 0 Å². The molecule has 2 aromatic carbocycles. The van der Waals surface area contributed by atoms with E-state index < -0.39 is 0 Å². The molecule has 2 heterocycles. The van der Waals surface area contributed by atoms with Gasteiger partial charge in [-0.25, -0.2) is 4.79 Å². The fourth-order valence-electron chi connectivity index (χ4n) is 4.18. The lowest BCUT2D eigenvalue weighted by atomic mass is 10.0. The summed E-state index contributed by atoms with van der Waals surface area (Å²) in [5.74, 6) is 0. The number of nitrogens with zero attached hydrogens (tertiary/aromatic N) is 3. The van der Waals surface area contributed by atoms with Crippen molar-refractivity contribution in [3.63, 3.8) is 0 Å². The van der Waals surface area contributed by atoms with E-state index in [0.29, 0.717) is 13.1 Å². The lowest BCUT2D eigenvalue weighted by Crippen LogP contribution is -2.48. The zero-order chi connectivity index (χ0) is 20.4. The summed E-state index contributed by atoms with van der Waals surface area (Å²) in [4.78, 5) is 28.8. The van der Waals surface area contributed by atoms with Crippen LogP contribution in [0.25, 0.3) is 0 Å². The van der Waals surface area contributed by atoms with Gasteiger partial charge in [-0.3, -0.25) is 18.8 Å². The Kier molecular flexibility index (Phi) is 5.49. The van der Waals surface area contributed by atoms with Gasteiger partial charge in [-0.15, -0.1) is 0 Å². The Morgan fingerprint density at radius 2 is 1.45 bits per heavy atom. The topological polar surface area (TPSA) is 47.2 Å². The van der Waals surface area contributed by atoms with Gasteiger partial charge < -0.3 is 0 Å². The minimum atomic E-state index is -0.205. The Balaban J connectivity index is 1.74. The molecule has 0 N–H and O–H groups in total. The normalized spacial score (nSPS) is 14.2. The third kappa shape index (κ3) is 3.96. The molecule has 0 amide bonds. The quantitative estimate of drug-likeness (QED) is 0.673. The Labute approximate surface area is 170 Å². The maximum atomic E-state index is 13.3. The summed E-state index contributed by atoms with van der Waals surface area (Å²) in [7, 11) is 0. The van der Waals surface area contributed by atoms with E-state index in [9.17, 15) is 9.59 Å². The van der Waals surface area contributed by atoms with Gasteiger partial charge in [0.1, 0.15) is 0 Å². The van der Waals surface area contributed by atoms with Gasteiger partial charge in [-0.1, -0.05) is 60.7 Å². The number of benzene rings is 2. The summed E-state index contributed by atoms with van der Waals surface area (Å²) < 4.78 is 3.22. The van der Waals surface area contributed by atoms with Crippen molar-refractivity contribution in [1.29, 1.82) is 0 Å². The number of fused-ring (bicyclic) bond motifs is 1. The minimum Gasteiger partial charge on any atom is -0.295 e. The van der Waals surface area contributed by atoms with Crippen molar-refractivity contribution in [3.05, 3.63) is 104 Å². The van der Waals surface area contributed by atoms with Crippen molar-refractivity contribution in [2.45, 2.75) is 45.9 Å². The summed E-state index contributed by atoms with van der Waals surface area (Å²) in [5, 5.41) is 0. The van der Waals surface area contributed by atoms with Crippen LogP contribution in [-0.4, -0.2) is 20.6 Å². The van der Waals surface area contributed by atoms with Crippen LogP contribution in [0.5, 0.6) is 0 Å². The summed E-state index contributed by atoms with van der Waals surface area (Å²) >= 11 is 0. The van der Waals surface area contributed by atoms with E-state index in [2.05, 4.69) is 17.0 Å². The predicted octanol–water partition coefficient (Wildman–Crippen LogP) is 3.20. The maximum absolute atomic E-state index is 13.3. The van der Waals surface area contributed by atoms with Gasteiger partial charge in [-0.2, -0.15) is 0 Å². The Hall–Kier alpha value is -2.92. The van der Waals surface area contributed by atoms with E-state index in [1.165, 1.54) is 10.1 Å². The second kappa shape index (κ2) is 8.21. The van der Waals surface area contributed by atoms with Gasteiger partial charge in [0, 0.05) is 37.8 Å². The molecule has 0 fully saturated rings. The van der Waals surface area contributed by atoms with Crippen LogP contribution in [0.15, 0.2) is 70.3 Å². The minimum absolute atomic E-state index is 0.0135. The monoisotopic (exact) mass is 389 g/mol. The highest BCUT2D eigenvalue weighted by Gasteiger charge is 2.26. The van der Waals surface area contributed by atoms with Gasteiger partial charge in [0.05, 0.1) is 12.1 Å². The van der Waals surface area contributed by atoms with Gasteiger partial charge >= 0.3 is 5.69 Å². The molecule has 1 aliphatic heterocycles. The van der Waals surface area contributed by atoms with Gasteiger partial charge in [0.15, 0.2) is 0 Å².